The van der Waals surface area contributed by atoms with E-state index in [4.69, 9.17) is 0 Å². The minimum absolute atomic E-state index is 0.376. The summed E-state index contributed by atoms with van der Waals surface area (Å²) < 4.78 is 2.85. The van der Waals surface area contributed by atoms with E-state index >= 15 is 0 Å². The van der Waals surface area contributed by atoms with Crippen molar-refractivity contribution in [3.8, 4) is 0 Å². The van der Waals surface area contributed by atoms with Crippen LogP contribution in [-0.4, -0.2) is 46.4 Å². The van der Waals surface area contributed by atoms with Crippen LogP contribution in [0.1, 0.15) is 19.2 Å². The van der Waals surface area contributed by atoms with Crippen LogP contribution in [0.2, 0.25) is 0 Å². The number of nitrogens with one attached hydrogen (secondary N) is 2. The van der Waals surface area contributed by atoms with Gasteiger partial charge in [-0.25, -0.2) is 9.98 Å². The molecule has 1 fully saturated rings. The molecule has 7 nitrogen and oxygen atoms in total. The maximum absolute atomic E-state index is 4.64. The van der Waals surface area contributed by atoms with Gasteiger partial charge in [-0.2, -0.15) is 5.10 Å². The Morgan fingerprint density at radius 3 is 2.84 bits per heavy atom. The summed E-state index contributed by atoms with van der Waals surface area (Å²) in [6.07, 6.45) is 2.64. The molecule has 8 heteroatoms. The fourth-order valence-corrected chi connectivity index (χ4v) is 3.16. The van der Waals surface area contributed by atoms with Gasteiger partial charge in [0.25, 0.3) is 0 Å². The number of aliphatic imine (C=N–C) groups is 1. The zero-order valence-corrected chi connectivity index (χ0v) is 16.2. The van der Waals surface area contributed by atoms with Gasteiger partial charge < -0.3 is 15.5 Å². The van der Waals surface area contributed by atoms with E-state index in [0.29, 0.717) is 12.6 Å². The molecule has 2 aromatic rings. The number of rotatable bonds is 5. The first-order valence-corrected chi connectivity index (χ1v) is 9.33. The molecule has 134 valence electrons. The summed E-state index contributed by atoms with van der Waals surface area (Å²) in [6.45, 7) is 5.42. The predicted octanol–water partition coefficient (Wildman–Crippen LogP) is 1.91. The van der Waals surface area contributed by atoms with Gasteiger partial charge in [0.1, 0.15) is 18.7 Å². The zero-order valence-electron chi connectivity index (χ0n) is 14.6. The molecule has 1 aromatic heterocycles. The Labute approximate surface area is 156 Å². The third kappa shape index (κ3) is 4.72. The van der Waals surface area contributed by atoms with E-state index in [0.717, 1.165) is 42.3 Å². The highest BCUT2D eigenvalue weighted by Gasteiger charge is 2.23. The van der Waals surface area contributed by atoms with E-state index in [-0.39, 0.29) is 0 Å². The summed E-state index contributed by atoms with van der Waals surface area (Å²) in [5.41, 5.74) is 1.26. The molecule has 0 spiro atoms. The van der Waals surface area contributed by atoms with Crippen LogP contribution in [0.4, 0.5) is 5.69 Å². The van der Waals surface area contributed by atoms with Gasteiger partial charge in [0.2, 0.25) is 0 Å². The molecule has 0 radical (unpaired) electrons. The molecule has 0 bridgehead atoms. The molecule has 2 N–H and O–H groups in total. The molecule has 0 aliphatic carbocycles. The highest BCUT2D eigenvalue weighted by molar-refractivity contribution is 9.10. The first kappa shape index (κ1) is 17.7. The van der Waals surface area contributed by atoms with Crippen LogP contribution in [0.3, 0.4) is 0 Å². The second kappa shape index (κ2) is 8.33. The first-order valence-electron chi connectivity index (χ1n) is 8.54. The Morgan fingerprint density at radius 2 is 2.16 bits per heavy atom. The Hall–Kier alpha value is -2.09. The summed E-state index contributed by atoms with van der Waals surface area (Å²) in [7, 11) is 1.88. The third-order valence-corrected chi connectivity index (χ3v) is 4.78. The van der Waals surface area contributed by atoms with Gasteiger partial charge >= 0.3 is 0 Å². The van der Waals surface area contributed by atoms with E-state index < -0.39 is 0 Å². The van der Waals surface area contributed by atoms with E-state index in [1.165, 1.54) is 5.69 Å². The van der Waals surface area contributed by atoms with E-state index in [9.17, 15) is 0 Å². The van der Waals surface area contributed by atoms with Crippen LogP contribution in [0, 0.1) is 0 Å². The van der Waals surface area contributed by atoms with Crippen molar-refractivity contribution in [3.05, 3.63) is 40.9 Å². The molecule has 1 unspecified atom stereocenters. The lowest BCUT2D eigenvalue weighted by Crippen LogP contribution is -2.44. The zero-order chi connectivity index (χ0) is 17.6. The molecule has 1 saturated heterocycles. The van der Waals surface area contributed by atoms with E-state index in [1.54, 1.807) is 11.0 Å². The Bertz CT molecular complexity index is 710. The minimum Gasteiger partial charge on any atom is -0.369 e. The number of hydrogen-bond acceptors (Lipinski definition) is 4. The molecule has 2 heterocycles. The summed E-state index contributed by atoms with van der Waals surface area (Å²) in [5, 5.41) is 10.9. The number of hydrogen-bond donors (Lipinski definition) is 2. The van der Waals surface area contributed by atoms with Gasteiger partial charge in [-0.05, 0) is 37.6 Å². The highest BCUT2D eigenvalue weighted by atomic mass is 79.9. The van der Waals surface area contributed by atoms with E-state index in [2.05, 4.69) is 77.7 Å². The van der Waals surface area contributed by atoms with Crippen LogP contribution in [0.5, 0.6) is 0 Å². The quantitative estimate of drug-likeness (QED) is 0.587. The maximum atomic E-state index is 4.64. The number of halogens is 1. The van der Waals surface area contributed by atoms with Crippen LogP contribution in [-0.2, 0) is 13.6 Å². The van der Waals surface area contributed by atoms with Crippen molar-refractivity contribution >= 4 is 27.6 Å². The molecular weight excluding hydrogens is 382 g/mol. The SMILES string of the molecule is CCNC(=NCc1ncnn1C)NC1CCN(c2ccc(Br)cc2)C1. The smallest absolute Gasteiger partial charge is 0.191 e. The fraction of sp³-hybridized carbons (Fsp3) is 0.471. The molecule has 1 aliphatic heterocycles. The van der Waals surface area contributed by atoms with Gasteiger partial charge in [0, 0.05) is 42.9 Å². The van der Waals surface area contributed by atoms with Gasteiger partial charge in [0.15, 0.2) is 5.96 Å². The summed E-state index contributed by atoms with van der Waals surface area (Å²) in [6, 6.07) is 8.85. The largest absolute Gasteiger partial charge is 0.369 e. The Morgan fingerprint density at radius 1 is 1.36 bits per heavy atom. The minimum atomic E-state index is 0.376. The Kier molecular flexibility index (Phi) is 5.91. The molecule has 3 rings (SSSR count). The van der Waals surface area contributed by atoms with Crippen LogP contribution >= 0.6 is 15.9 Å². The summed E-state index contributed by atoms with van der Waals surface area (Å²) in [4.78, 5) is 11.3. The molecule has 25 heavy (non-hydrogen) atoms. The number of guanidine groups is 1. The molecule has 0 amide bonds. The standard InChI is InChI=1S/C17H24BrN7/c1-3-19-17(20-10-16-21-12-22-24(16)2)23-14-8-9-25(11-14)15-6-4-13(18)5-7-15/h4-7,12,14H,3,8-11H2,1-2H3,(H2,19,20,23). The summed E-state index contributed by atoms with van der Waals surface area (Å²) >= 11 is 3.49. The van der Waals surface area contributed by atoms with Crippen molar-refractivity contribution in [2.75, 3.05) is 24.5 Å². The van der Waals surface area contributed by atoms with Gasteiger partial charge in [-0.3, -0.25) is 4.68 Å². The lowest BCUT2D eigenvalue weighted by Gasteiger charge is -2.20. The number of anilines is 1. The fourth-order valence-electron chi connectivity index (χ4n) is 2.89. The molecule has 1 aromatic carbocycles. The van der Waals surface area contributed by atoms with Crippen molar-refractivity contribution in [1.29, 1.82) is 0 Å². The van der Waals surface area contributed by atoms with Crippen LogP contribution < -0.4 is 15.5 Å². The van der Waals surface area contributed by atoms with Crippen molar-refractivity contribution in [2.45, 2.75) is 25.9 Å². The predicted molar refractivity (Wildman–Crippen MR) is 104 cm³/mol. The molecule has 0 saturated carbocycles. The third-order valence-electron chi connectivity index (χ3n) is 4.25. The second-order valence-electron chi connectivity index (χ2n) is 6.05. The average Bonchev–Trinajstić information content (AvgIpc) is 3.23. The normalized spacial score (nSPS) is 17.8. The maximum Gasteiger partial charge on any atom is 0.191 e. The van der Waals surface area contributed by atoms with Crippen molar-refractivity contribution in [2.24, 2.45) is 12.0 Å². The van der Waals surface area contributed by atoms with Crippen molar-refractivity contribution in [3.63, 3.8) is 0 Å². The lowest BCUT2D eigenvalue weighted by atomic mass is 10.3. The van der Waals surface area contributed by atoms with Crippen molar-refractivity contribution < 1.29 is 0 Å². The molecule has 1 atom stereocenters. The van der Waals surface area contributed by atoms with E-state index in [1.807, 2.05) is 7.05 Å². The number of aryl methyl sites for hydroxylation is 1. The average molecular weight is 406 g/mol. The molecular formula is C17H24BrN7. The van der Waals surface area contributed by atoms with Crippen LogP contribution in [0.15, 0.2) is 40.1 Å². The van der Waals surface area contributed by atoms with Crippen molar-refractivity contribution in [1.82, 2.24) is 25.4 Å². The molecule has 1 aliphatic rings. The second-order valence-corrected chi connectivity index (χ2v) is 6.96. The number of nitrogens with zero attached hydrogens (tertiary/aromatic N) is 5. The lowest BCUT2D eigenvalue weighted by molar-refractivity contribution is 0.644. The monoisotopic (exact) mass is 405 g/mol. The van der Waals surface area contributed by atoms with Gasteiger partial charge in [-0.1, -0.05) is 15.9 Å². The topological polar surface area (TPSA) is 70.4 Å². The number of aromatic nitrogens is 3. The number of benzene rings is 1. The Balaban J connectivity index is 1.59. The van der Waals surface area contributed by atoms with Gasteiger partial charge in [-0.15, -0.1) is 0 Å². The first-order chi connectivity index (χ1) is 12.2. The summed E-state index contributed by atoms with van der Waals surface area (Å²) in [5.74, 6) is 1.67. The van der Waals surface area contributed by atoms with Crippen LogP contribution in [0.25, 0.3) is 0 Å². The van der Waals surface area contributed by atoms with Gasteiger partial charge in [0.05, 0.1) is 0 Å². The highest BCUT2D eigenvalue weighted by Crippen LogP contribution is 2.22.